The molecule has 1 unspecified atom stereocenters. The Labute approximate surface area is 104 Å². The summed E-state index contributed by atoms with van der Waals surface area (Å²) in [5, 5.41) is 23.6. The molecule has 0 spiro atoms. The van der Waals surface area contributed by atoms with Gasteiger partial charge in [0.25, 0.3) is 0 Å². The quantitative estimate of drug-likeness (QED) is 0.552. The minimum atomic E-state index is -0.863. The standard InChI is InChI=1S/C9H16ClN5O2/c1-2-3-11-8-13-7(10)14-9(15-8)12-4-6(17)5-16/h6,16-17H,2-5H2,1H3,(H2,11,12,13,14,15). The van der Waals surface area contributed by atoms with E-state index in [9.17, 15) is 0 Å². The normalized spacial score (nSPS) is 12.2. The molecule has 1 atom stereocenters. The lowest BCUT2D eigenvalue weighted by Gasteiger charge is -2.10. The lowest BCUT2D eigenvalue weighted by atomic mass is 10.4. The zero-order chi connectivity index (χ0) is 12.7. The third kappa shape index (κ3) is 5.12. The van der Waals surface area contributed by atoms with E-state index >= 15 is 0 Å². The molecule has 0 aliphatic heterocycles. The second-order valence-corrected chi connectivity index (χ2v) is 3.73. The summed E-state index contributed by atoms with van der Waals surface area (Å²) in [6.45, 7) is 2.57. The molecule has 17 heavy (non-hydrogen) atoms. The van der Waals surface area contributed by atoms with E-state index in [1.54, 1.807) is 0 Å². The molecule has 0 aliphatic rings. The van der Waals surface area contributed by atoms with Crippen LogP contribution in [0, 0.1) is 0 Å². The van der Waals surface area contributed by atoms with E-state index in [2.05, 4.69) is 25.6 Å². The number of hydrogen-bond acceptors (Lipinski definition) is 7. The second-order valence-electron chi connectivity index (χ2n) is 3.40. The van der Waals surface area contributed by atoms with Crippen molar-refractivity contribution in [3.05, 3.63) is 5.28 Å². The fourth-order valence-corrected chi connectivity index (χ4v) is 1.18. The van der Waals surface area contributed by atoms with Gasteiger partial charge in [0.05, 0.1) is 12.7 Å². The van der Waals surface area contributed by atoms with Crippen LogP contribution in [0.2, 0.25) is 5.28 Å². The van der Waals surface area contributed by atoms with Gasteiger partial charge in [-0.25, -0.2) is 0 Å². The van der Waals surface area contributed by atoms with Crippen molar-refractivity contribution in [2.45, 2.75) is 19.4 Å². The number of aliphatic hydroxyl groups is 2. The second kappa shape index (κ2) is 7.21. The van der Waals surface area contributed by atoms with E-state index < -0.39 is 6.10 Å². The molecule has 0 bridgehead atoms. The van der Waals surface area contributed by atoms with E-state index in [-0.39, 0.29) is 24.4 Å². The lowest BCUT2D eigenvalue weighted by Crippen LogP contribution is -2.24. The van der Waals surface area contributed by atoms with Gasteiger partial charge in [-0.3, -0.25) is 0 Å². The maximum atomic E-state index is 9.17. The Morgan fingerprint density at radius 1 is 1.24 bits per heavy atom. The molecule has 1 heterocycles. The van der Waals surface area contributed by atoms with E-state index in [1.165, 1.54) is 0 Å². The molecular formula is C9H16ClN5O2. The van der Waals surface area contributed by atoms with E-state index in [0.29, 0.717) is 5.95 Å². The minimum Gasteiger partial charge on any atom is -0.394 e. The highest BCUT2D eigenvalue weighted by atomic mass is 35.5. The van der Waals surface area contributed by atoms with Gasteiger partial charge in [-0.05, 0) is 18.0 Å². The van der Waals surface area contributed by atoms with Gasteiger partial charge < -0.3 is 20.8 Å². The molecule has 0 fully saturated rings. The van der Waals surface area contributed by atoms with Crippen LogP contribution >= 0.6 is 11.6 Å². The molecule has 7 nitrogen and oxygen atoms in total. The molecule has 0 saturated carbocycles. The van der Waals surface area contributed by atoms with Crippen molar-refractivity contribution in [3.8, 4) is 0 Å². The van der Waals surface area contributed by atoms with Crippen LogP contribution in [-0.2, 0) is 0 Å². The highest BCUT2D eigenvalue weighted by molar-refractivity contribution is 6.28. The van der Waals surface area contributed by atoms with Gasteiger partial charge >= 0.3 is 0 Å². The number of nitrogens with zero attached hydrogens (tertiary/aromatic N) is 3. The number of aliphatic hydroxyl groups excluding tert-OH is 2. The van der Waals surface area contributed by atoms with Crippen LogP contribution in [0.5, 0.6) is 0 Å². The Balaban J connectivity index is 2.61. The van der Waals surface area contributed by atoms with Crippen LogP contribution in [0.3, 0.4) is 0 Å². The average Bonchev–Trinajstić information content (AvgIpc) is 2.32. The summed E-state index contributed by atoms with van der Waals surface area (Å²) in [7, 11) is 0. The predicted octanol–water partition coefficient (Wildman–Crippen LogP) is 0.112. The largest absolute Gasteiger partial charge is 0.394 e. The number of anilines is 2. The van der Waals surface area contributed by atoms with Gasteiger partial charge in [0.15, 0.2) is 0 Å². The first-order valence-corrected chi connectivity index (χ1v) is 5.71. The van der Waals surface area contributed by atoms with Crippen molar-refractivity contribution in [2.24, 2.45) is 0 Å². The van der Waals surface area contributed by atoms with E-state index in [1.807, 2.05) is 6.92 Å². The monoisotopic (exact) mass is 261 g/mol. The van der Waals surface area contributed by atoms with Gasteiger partial charge in [0.2, 0.25) is 17.2 Å². The molecule has 0 aromatic carbocycles. The molecule has 0 radical (unpaired) electrons. The predicted molar refractivity (Wildman–Crippen MR) is 65.2 cm³/mol. The van der Waals surface area contributed by atoms with Crippen LogP contribution < -0.4 is 10.6 Å². The SMILES string of the molecule is CCCNc1nc(Cl)nc(NCC(O)CO)n1. The first kappa shape index (κ1) is 13.9. The average molecular weight is 262 g/mol. The summed E-state index contributed by atoms with van der Waals surface area (Å²) in [5.41, 5.74) is 0. The molecule has 1 rings (SSSR count). The number of nitrogens with one attached hydrogen (secondary N) is 2. The third-order valence-corrected chi connectivity index (χ3v) is 2.02. The summed E-state index contributed by atoms with van der Waals surface area (Å²) in [6, 6.07) is 0. The zero-order valence-electron chi connectivity index (χ0n) is 9.52. The van der Waals surface area contributed by atoms with Crippen molar-refractivity contribution in [1.82, 2.24) is 15.0 Å². The van der Waals surface area contributed by atoms with E-state index in [0.717, 1.165) is 13.0 Å². The maximum absolute atomic E-state index is 9.17. The Bertz CT molecular complexity index is 352. The molecular weight excluding hydrogens is 246 g/mol. The summed E-state index contributed by atoms with van der Waals surface area (Å²) >= 11 is 5.72. The Morgan fingerprint density at radius 2 is 1.88 bits per heavy atom. The first-order valence-electron chi connectivity index (χ1n) is 5.34. The topological polar surface area (TPSA) is 103 Å². The molecule has 0 amide bonds. The highest BCUT2D eigenvalue weighted by Gasteiger charge is 2.06. The van der Waals surface area contributed by atoms with Gasteiger partial charge in [-0.1, -0.05) is 6.92 Å². The summed E-state index contributed by atoms with van der Waals surface area (Å²) in [4.78, 5) is 11.8. The van der Waals surface area contributed by atoms with Crippen LogP contribution in [0.15, 0.2) is 0 Å². The lowest BCUT2D eigenvalue weighted by molar-refractivity contribution is 0.105. The highest BCUT2D eigenvalue weighted by Crippen LogP contribution is 2.09. The van der Waals surface area contributed by atoms with Gasteiger partial charge in [-0.15, -0.1) is 0 Å². The van der Waals surface area contributed by atoms with Crippen molar-refractivity contribution in [3.63, 3.8) is 0 Å². The van der Waals surface area contributed by atoms with Gasteiger partial charge in [0.1, 0.15) is 0 Å². The fraction of sp³-hybridized carbons (Fsp3) is 0.667. The van der Waals surface area contributed by atoms with Gasteiger partial charge in [0, 0.05) is 13.1 Å². The number of hydrogen-bond donors (Lipinski definition) is 4. The summed E-state index contributed by atoms with van der Waals surface area (Å²) < 4.78 is 0. The number of rotatable bonds is 7. The maximum Gasteiger partial charge on any atom is 0.228 e. The van der Waals surface area contributed by atoms with Crippen molar-refractivity contribution in [1.29, 1.82) is 0 Å². The van der Waals surface area contributed by atoms with E-state index in [4.69, 9.17) is 21.8 Å². The fourth-order valence-electron chi connectivity index (χ4n) is 1.02. The third-order valence-electron chi connectivity index (χ3n) is 1.85. The number of aromatic nitrogens is 3. The van der Waals surface area contributed by atoms with Crippen molar-refractivity contribution < 1.29 is 10.2 Å². The molecule has 96 valence electrons. The van der Waals surface area contributed by atoms with Crippen LogP contribution in [0.1, 0.15) is 13.3 Å². The van der Waals surface area contributed by atoms with Gasteiger partial charge in [-0.2, -0.15) is 15.0 Å². The molecule has 0 aliphatic carbocycles. The Morgan fingerprint density at radius 3 is 2.47 bits per heavy atom. The summed E-state index contributed by atoms with van der Waals surface area (Å²) in [5.74, 6) is 0.643. The van der Waals surface area contributed by atoms with Crippen molar-refractivity contribution in [2.75, 3.05) is 30.3 Å². The Hall–Kier alpha value is -1.18. The van der Waals surface area contributed by atoms with Crippen LogP contribution in [0.25, 0.3) is 0 Å². The van der Waals surface area contributed by atoms with Crippen LogP contribution in [0.4, 0.5) is 11.9 Å². The molecule has 0 saturated heterocycles. The minimum absolute atomic E-state index is 0.0691. The molecule has 1 aromatic heterocycles. The molecule has 1 aromatic rings. The first-order chi connectivity index (χ1) is 8.15. The smallest absolute Gasteiger partial charge is 0.228 e. The van der Waals surface area contributed by atoms with Crippen LogP contribution in [-0.4, -0.2) is 51.0 Å². The Kier molecular flexibility index (Phi) is 5.88. The molecule has 8 heteroatoms. The number of halogens is 1. The summed E-state index contributed by atoms with van der Waals surface area (Å²) in [6.07, 6.45) is 0.0764. The molecule has 4 N–H and O–H groups in total. The van der Waals surface area contributed by atoms with Crippen molar-refractivity contribution >= 4 is 23.5 Å². The zero-order valence-corrected chi connectivity index (χ0v) is 10.3.